The van der Waals surface area contributed by atoms with Crippen LogP contribution in [0.2, 0.25) is 0 Å². The molecule has 2 heterocycles. The monoisotopic (exact) mass is 435 g/mol. The Bertz CT molecular complexity index is 1030. The number of likely N-dealkylation sites (tertiary alicyclic amines) is 1. The molecule has 0 saturated carbocycles. The topological polar surface area (TPSA) is 79.0 Å². The molecule has 32 heavy (non-hydrogen) atoms. The van der Waals surface area contributed by atoms with Gasteiger partial charge in [-0.3, -0.25) is 19.3 Å². The molecule has 0 aliphatic carbocycles. The zero-order chi connectivity index (χ0) is 22.9. The average Bonchev–Trinajstić information content (AvgIpc) is 2.77. The molecular formula is C25H29N3O4. The van der Waals surface area contributed by atoms with Crippen LogP contribution in [0.4, 0.5) is 11.4 Å². The van der Waals surface area contributed by atoms with Gasteiger partial charge in [0.2, 0.25) is 5.91 Å². The molecule has 0 atom stereocenters. The van der Waals surface area contributed by atoms with Crippen LogP contribution in [0.25, 0.3) is 0 Å². The highest BCUT2D eigenvalue weighted by Gasteiger charge is 2.42. The molecule has 3 amide bonds. The van der Waals surface area contributed by atoms with Crippen molar-refractivity contribution in [3.05, 3.63) is 54.1 Å². The average molecular weight is 436 g/mol. The maximum absolute atomic E-state index is 13.2. The van der Waals surface area contributed by atoms with Gasteiger partial charge in [0.15, 0.2) is 5.60 Å². The summed E-state index contributed by atoms with van der Waals surface area (Å²) in [6.45, 7) is 6.90. The minimum absolute atomic E-state index is 0.0727. The summed E-state index contributed by atoms with van der Waals surface area (Å²) in [6.07, 6.45) is 1.93. The molecule has 1 fully saturated rings. The predicted molar refractivity (Wildman–Crippen MR) is 123 cm³/mol. The van der Waals surface area contributed by atoms with Crippen molar-refractivity contribution in [1.29, 1.82) is 0 Å². The Morgan fingerprint density at radius 1 is 1.09 bits per heavy atom. The Morgan fingerprint density at radius 3 is 2.47 bits per heavy atom. The molecule has 2 aliphatic rings. The van der Waals surface area contributed by atoms with Gasteiger partial charge in [-0.25, -0.2) is 0 Å². The summed E-state index contributed by atoms with van der Waals surface area (Å²) in [5.41, 5.74) is 0.397. The quantitative estimate of drug-likeness (QED) is 0.794. The van der Waals surface area contributed by atoms with Crippen LogP contribution in [0.15, 0.2) is 48.5 Å². The Kier molecular flexibility index (Phi) is 5.91. The smallest absolute Gasteiger partial charge is 0.271 e. The number of benzene rings is 2. The van der Waals surface area contributed by atoms with Gasteiger partial charge in [-0.1, -0.05) is 25.1 Å². The molecule has 2 aromatic carbocycles. The zero-order valence-electron chi connectivity index (χ0n) is 18.8. The number of carbonyl (C=O) groups is 3. The molecular weight excluding hydrogens is 406 g/mol. The van der Waals surface area contributed by atoms with Crippen LogP contribution in [-0.4, -0.2) is 47.9 Å². The van der Waals surface area contributed by atoms with Gasteiger partial charge in [0.25, 0.3) is 11.8 Å². The highest BCUT2D eigenvalue weighted by atomic mass is 16.5. The Balaban J connectivity index is 1.59. The van der Waals surface area contributed by atoms with Gasteiger partial charge in [-0.2, -0.15) is 0 Å². The van der Waals surface area contributed by atoms with Crippen LogP contribution >= 0.6 is 0 Å². The van der Waals surface area contributed by atoms with E-state index in [4.69, 9.17) is 4.74 Å². The van der Waals surface area contributed by atoms with Gasteiger partial charge >= 0.3 is 0 Å². The molecule has 168 valence electrons. The first-order valence-corrected chi connectivity index (χ1v) is 11.0. The fourth-order valence-corrected chi connectivity index (χ4v) is 4.08. The van der Waals surface area contributed by atoms with Gasteiger partial charge in [-0.15, -0.1) is 0 Å². The van der Waals surface area contributed by atoms with Gasteiger partial charge in [0, 0.05) is 24.3 Å². The van der Waals surface area contributed by atoms with Crippen molar-refractivity contribution in [2.45, 2.75) is 39.2 Å². The first-order valence-electron chi connectivity index (χ1n) is 11.0. The molecule has 1 N–H and O–H groups in total. The van der Waals surface area contributed by atoms with Crippen molar-refractivity contribution in [3.63, 3.8) is 0 Å². The van der Waals surface area contributed by atoms with Crippen molar-refractivity contribution < 1.29 is 19.1 Å². The fourth-order valence-electron chi connectivity index (χ4n) is 4.08. The van der Waals surface area contributed by atoms with E-state index in [0.29, 0.717) is 41.7 Å². The van der Waals surface area contributed by atoms with E-state index in [9.17, 15) is 14.4 Å². The summed E-state index contributed by atoms with van der Waals surface area (Å²) in [5, 5.41) is 2.85. The van der Waals surface area contributed by atoms with E-state index in [1.54, 1.807) is 44.2 Å². The second kappa shape index (κ2) is 8.65. The summed E-state index contributed by atoms with van der Waals surface area (Å²) in [5.74, 6) is 0.394. The van der Waals surface area contributed by atoms with Gasteiger partial charge in [-0.05, 0) is 62.9 Å². The Labute approximate surface area is 188 Å². The molecule has 2 aliphatic heterocycles. The molecule has 7 nitrogen and oxygen atoms in total. The highest BCUT2D eigenvalue weighted by molar-refractivity contribution is 6.09. The molecule has 0 unspecified atom stereocenters. The molecule has 7 heteroatoms. The zero-order valence-corrected chi connectivity index (χ0v) is 18.8. The number of anilines is 2. The number of piperidine rings is 1. The van der Waals surface area contributed by atoms with Crippen molar-refractivity contribution in [2.75, 3.05) is 29.9 Å². The van der Waals surface area contributed by atoms with Crippen molar-refractivity contribution in [1.82, 2.24) is 4.90 Å². The fraction of sp³-hybridized carbons (Fsp3) is 0.400. The van der Waals surface area contributed by atoms with E-state index >= 15 is 0 Å². The third kappa shape index (κ3) is 4.47. The lowest BCUT2D eigenvalue weighted by atomic mass is 9.99. The van der Waals surface area contributed by atoms with Crippen LogP contribution in [0.1, 0.15) is 44.0 Å². The van der Waals surface area contributed by atoms with Gasteiger partial charge < -0.3 is 15.0 Å². The maximum atomic E-state index is 13.2. The lowest BCUT2D eigenvalue weighted by molar-refractivity contribution is -0.137. The molecule has 2 aromatic rings. The standard InChI is InChI=1S/C25H29N3O4/c1-17-11-13-27(14-12-17)22(29)16-28-20-15-18(23(30)26-19-7-5-4-6-8-19)9-10-21(20)32-25(2,3)24(28)31/h4-10,15,17H,11-14,16H2,1-3H3,(H,26,30). The highest BCUT2D eigenvalue weighted by Crippen LogP contribution is 2.38. The molecule has 0 radical (unpaired) electrons. The number of para-hydroxylation sites is 1. The third-order valence-electron chi connectivity index (χ3n) is 6.10. The first kappa shape index (κ1) is 21.9. The summed E-state index contributed by atoms with van der Waals surface area (Å²) < 4.78 is 5.91. The number of hydrogen-bond donors (Lipinski definition) is 1. The van der Waals surface area contributed by atoms with E-state index in [-0.39, 0.29) is 24.3 Å². The van der Waals surface area contributed by atoms with E-state index in [2.05, 4.69) is 12.2 Å². The largest absolute Gasteiger partial charge is 0.476 e. The number of rotatable bonds is 4. The molecule has 1 saturated heterocycles. The minimum Gasteiger partial charge on any atom is -0.476 e. The predicted octanol–water partition coefficient (Wildman–Crippen LogP) is 3.70. The SMILES string of the molecule is CC1CCN(C(=O)CN2C(=O)C(C)(C)Oc3ccc(C(=O)Nc4ccccc4)cc32)CC1. The van der Waals surface area contributed by atoms with Crippen LogP contribution < -0.4 is 15.0 Å². The number of nitrogens with zero attached hydrogens (tertiary/aromatic N) is 2. The minimum atomic E-state index is -1.10. The number of fused-ring (bicyclic) bond motifs is 1. The molecule has 0 bridgehead atoms. The van der Waals surface area contributed by atoms with Crippen LogP contribution in [0.5, 0.6) is 5.75 Å². The Morgan fingerprint density at radius 2 is 1.78 bits per heavy atom. The van der Waals surface area contributed by atoms with E-state index in [1.807, 2.05) is 23.1 Å². The van der Waals surface area contributed by atoms with Gasteiger partial charge in [0.05, 0.1) is 5.69 Å². The lowest BCUT2D eigenvalue weighted by Gasteiger charge is -2.40. The summed E-state index contributed by atoms with van der Waals surface area (Å²) in [7, 11) is 0. The molecule has 0 aromatic heterocycles. The number of carbonyl (C=O) groups excluding carboxylic acids is 3. The van der Waals surface area contributed by atoms with Gasteiger partial charge in [0.1, 0.15) is 12.3 Å². The van der Waals surface area contributed by atoms with Crippen LogP contribution in [0.3, 0.4) is 0 Å². The normalized spacial score (nSPS) is 18.0. The lowest BCUT2D eigenvalue weighted by Crippen LogP contribution is -2.55. The number of hydrogen-bond acceptors (Lipinski definition) is 4. The van der Waals surface area contributed by atoms with Crippen molar-refractivity contribution >= 4 is 29.1 Å². The van der Waals surface area contributed by atoms with Crippen LogP contribution in [0, 0.1) is 5.92 Å². The second-order valence-corrected chi connectivity index (χ2v) is 9.07. The third-order valence-corrected chi connectivity index (χ3v) is 6.10. The van der Waals surface area contributed by atoms with E-state index < -0.39 is 5.60 Å². The summed E-state index contributed by atoms with van der Waals surface area (Å²) in [4.78, 5) is 42.3. The first-order chi connectivity index (χ1) is 15.2. The number of nitrogens with one attached hydrogen (secondary N) is 1. The maximum Gasteiger partial charge on any atom is 0.271 e. The van der Waals surface area contributed by atoms with E-state index in [1.165, 1.54) is 4.90 Å². The van der Waals surface area contributed by atoms with Crippen LogP contribution in [-0.2, 0) is 9.59 Å². The Hall–Kier alpha value is -3.35. The van der Waals surface area contributed by atoms with Crippen molar-refractivity contribution in [3.8, 4) is 5.75 Å². The summed E-state index contributed by atoms with van der Waals surface area (Å²) >= 11 is 0. The van der Waals surface area contributed by atoms with Crippen molar-refractivity contribution in [2.24, 2.45) is 5.92 Å². The van der Waals surface area contributed by atoms with E-state index in [0.717, 1.165) is 12.8 Å². The second-order valence-electron chi connectivity index (χ2n) is 9.07. The summed E-state index contributed by atoms with van der Waals surface area (Å²) in [6, 6.07) is 14.1. The molecule has 4 rings (SSSR count). The number of ether oxygens (including phenoxy) is 1. The number of amides is 3. The molecule has 0 spiro atoms.